The van der Waals surface area contributed by atoms with Crippen molar-refractivity contribution in [1.82, 2.24) is 5.32 Å². The van der Waals surface area contributed by atoms with Gasteiger partial charge in [0.1, 0.15) is 12.4 Å². The lowest BCUT2D eigenvalue weighted by Crippen LogP contribution is -2.29. The van der Waals surface area contributed by atoms with Gasteiger partial charge < -0.3 is 10.1 Å². The van der Waals surface area contributed by atoms with Gasteiger partial charge in [0.05, 0.1) is 13.0 Å². The van der Waals surface area contributed by atoms with Crippen LogP contribution in [0.4, 0.5) is 0 Å². The van der Waals surface area contributed by atoms with E-state index in [-0.39, 0.29) is 5.91 Å². The van der Waals surface area contributed by atoms with Gasteiger partial charge in [-0.15, -0.1) is 0 Å². The first-order valence-corrected chi connectivity index (χ1v) is 8.66. The predicted octanol–water partition coefficient (Wildman–Crippen LogP) is 4.11. The van der Waals surface area contributed by atoms with Crippen LogP contribution in [0.3, 0.4) is 0 Å². The van der Waals surface area contributed by atoms with E-state index in [4.69, 9.17) is 4.74 Å². The third kappa shape index (κ3) is 5.41. The molecule has 128 valence electrons. The molecule has 0 unspecified atom stereocenters. The van der Waals surface area contributed by atoms with Crippen molar-refractivity contribution >= 4 is 5.91 Å². The van der Waals surface area contributed by atoms with E-state index in [1.807, 2.05) is 30.3 Å². The molecular weight excluding hydrogens is 298 g/mol. The lowest BCUT2D eigenvalue weighted by Gasteiger charge is -2.14. The van der Waals surface area contributed by atoms with Gasteiger partial charge in [-0.05, 0) is 35.1 Å². The van der Waals surface area contributed by atoms with Crippen LogP contribution >= 0.6 is 0 Å². The van der Waals surface area contributed by atoms with E-state index in [0.29, 0.717) is 25.5 Å². The number of para-hydroxylation sites is 1. The minimum absolute atomic E-state index is 0.0278. The lowest BCUT2D eigenvalue weighted by molar-refractivity contribution is -0.120. The smallest absolute Gasteiger partial charge is 0.224 e. The Morgan fingerprint density at radius 3 is 2.38 bits per heavy atom. The summed E-state index contributed by atoms with van der Waals surface area (Å²) in [5.41, 5.74) is 3.52. The van der Waals surface area contributed by atoms with Crippen LogP contribution in [0.25, 0.3) is 0 Å². The molecule has 0 heterocycles. The fraction of sp³-hybridized carbons (Fsp3) is 0.381. The molecule has 0 spiro atoms. The van der Waals surface area contributed by atoms with Crippen molar-refractivity contribution in [1.29, 1.82) is 0 Å². The van der Waals surface area contributed by atoms with Crippen molar-refractivity contribution in [3.05, 3.63) is 65.2 Å². The summed E-state index contributed by atoms with van der Waals surface area (Å²) < 4.78 is 5.81. The molecule has 0 saturated carbocycles. The van der Waals surface area contributed by atoms with E-state index in [1.165, 1.54) is 11.1 Å². The highest BCUT2D eigenvalue weighted by atomic mass is 16.5. The maximum Gasteiger partial charge on any atom is 0.224 e. The van der Waals surface area contributed by atoms with Gasteiger partial charge in [0.15, 0.2) is 0 Å². The summed E-state index contributed by atoms with van der Waals surface area (Å²) in [6.45, 7) is 7.41. The summed E-state index contributed by atoms with van der Waals surface area (Å²) in [4.78, 5) is 12.0. The highest BCUT2D eigenvalue weighted by molar-refractivity contribution is 5.78. The van der Waals surface area contributed by atoms with Crippen molar-refractivity contribution in [2.45, 2.75) is 39.5 Å². The Morgan fingerprint density at radius 1 is 1.04 bits per heavy atom. The molecule has 3 nitrogen and oxygen atoms in total. The van der Waals surface area contributed by atoms with Gasteiger partial charge in [-0.2, -0.15) is 0 Å². The highest BCUT2D eigenvalue weighted by Crippen LogP contribution is 2.25. The van der Waals surface area contributed by atoms with Gasteiger partial charge in [-0.25, -0.2) is 0 Å². The van der Waals surface area contributed by atoms with E-state index >= 15 is 0 Å². The fourth-order valence-electron chi connectivity index (χ4n) is 2.58. The first kappa shape index (κ1) is 18.1. The van der Waals surface area contributed by atoms with Crippen molar-refractivity contribution in [3.8, 4) is 5.75 Å². The molecule has 2 aromatic carbocycles. The van der Waals surface area contributed by atoms with Gasteiger partial charge in [0, 0.05) is 0 Å². The van der Waals surface area contributed by atoms with Crippen LogP contribution in [0.2, 0.25) is 0 Å². The van der Waals surface area contributed by atoms with Gasteiger partial charge in [0.2, 0.25) is 5.91 Å². The Hall–Kier alpha value is -2.29. The maximum absolute atomic E-state index is 12.0. The van der Waals surface area contributed by atoms with E-state index in [0.717, 1.165) is 17.7 Å². The number of rotatable bonds is 8. The van der Waals surface area contributed by atoms with Gasteiger partial charge in [-0.1, -0.05) is 63.2 Å². The van der Waals surface area contributed by atoms with Crippen LogP contribution < -0.4 is 10.1 Å². The van der Waals surface area contributed by atoms with Crippen LogP contribution in [0.15, 0.2) is 48.5 Å². The molecule has 2 rings (SSSR count). The number of nitrogens with one attached hydrogen (secondary N) is 1. The molecule has 0 atom stereocenters. The lowest BCUT2D eigenvalue weighted by atomic mass is 10.0. The summed E-state index contributed by atoms with van der Waals surface area (Å²) in [6.07, 6.45) is 1.42. The number of hydrogen-bond donors (Lipinski definition) is 1. The average molecular weight is 325 g/mol. The van der Waals surface area contributed by atoms with Crippen LogP contribution in [0, 0.1) is 0 Å². The third-order valence-electron chi connectivity index (χ3n) is 4.02. The molecule has 24 heavy (non-hydrogen) atoms. The van der Waals surface area contributed by atoms with Gasteiger partial charge in [0.25, 0.3) is 0 Å². The van der Waals surface area contributed by atoms with E-state index < -0.39 is 0 Å². The largest absolute Gasteiger partial charge is 0.491 e. The number of carbonyl (C=O) groups excluding carboxylic acids is 1. The Morgan fingerprint density at radius 2 is 1.71 bits per heavy atom. The average Bonchev–Trinajstić information content (AvgIpc) is 2.59. The number of ether oxygens (including phenoxy) is 1. The molecule has 1 N–H and O–H groups in total. The van der Waals surface area contributed by atoms with Crippen LogP contribution in [0.1, 0.15) is 43.4 Å². The molecule has 0 saturated heterocycles. The van der Waals surface area contributed by atoms with Crippen LogP contribution in [-0.2, 0) is 17.6 Å². The van der Waals surface area contributed by atoms with Crippen molar-refractivity contribution < 1.29 is 9.53 Å². The Kier molecular flexibility index (Phi) is 6.86. The molecule has 0 aromatic heterocycles. The zero-order valence-electron chi connectivity index (χ0n) is 14.8. The Balaban J connectivity index is 1.75. The number of carbonyl (C=O) groups is 1. The van der Waals surface area contributed by atoms with Crippen LogP contribution in [-0.4, -0.2) is 19.1 Å². The fourth-order valence-corrected chi connectivity index (χ4v) is 2.58. The molecule has 0 fully saturated rings. The zero-order valence-corrected chi connectivity index (χ0v) is 14.8. The summed E-state index contributed by atoms with van der Waals surface area (Å²) >= 11 is 0. The second kappa shape index (κ2) is 9.11. The normalized spacial score (nSPS) is 10.7. The molecule has 1 amide bonds. The van der Waals surface area contributed by atoms with Gasteiger partial charge in [-0.3, -0.25) is 4.79 Å². The summed E-state index contributed by atoms with van der Waals surface area (Å²) in [5.74, 6) is 1.35. The molecule has 3 heteroatoms. The molecular formula is C21H27NO2. The first-order chi connectivity index (χ1) is 11.6. The van der Waals surface area contributed by atoms with Crippen molar-refractivity contribution in [3.63, 3.8) is 0 Å². The highest BCUT2D eigenvalue weighted by Gasteiger charge is 2.07. The minimum atomic E-state index is 0.0278. The number of benzene rings is 2. The quantitative estimate of drug-likeness (QED) is 0.742. The monoisotopic (exact) mass is 325 g/mol. The standard InChI is InChI=1S/C21H27NO2/c1-4-17-9-11-18(12-10-17)15-21(23)22-13-14-24-20-8-6-5-7-19(20)16(2)3/h5-12,16H,4,13-15H2,1-3H3,(H,22,23). The molecule has 0 bridgehead atoms. The van der Waals surface area contributed by atoms with Crippen molar-refractivity contribution in [2.24, 2.45) is 0 Å². The molecule has 0 aliphatic carbocycles. The second-order valence-corrected chi connectivity index (χ2v) is 6.24. The Bertz CT molecular complexity index is 647. The molecule has 2 aromatic rings. The summed E-state index contributed by atoms with van der Waals surface area (Å²) in [5, 5.41) is 2.91. The SMILES string of the molecule is CCc1ccc(CC(=O)NCCOc2ccccc2C(C)C)cc1. The van der Waals surface area contributed by atoms with Gasteiger partial charge >= 0.3 is 0 Å². The number of hydrogen-bond acceptors (Lipinski definition) is 2. The molecule has 0 aliphatic rings. The predicted molar refractivity (Wildman–Crippen MR) is 98.6 cm³/mol. The molecule has 0 radical (unpaired) electrons. The number of amides is 1. The minimum Gasteiger partial charge on any atom is -0.491 e. The van der Waals surface area contributed by atoms with Crippen LogP contribution in [0.5, 0.6) is 5.75 Å². The first-order valence-electron chi connectivity index (χ1n) is 8.66. The Labute approximate surface area is 145 Å². The van der Waals surface area contributed by atoms with E-state index in [9.17, 15) is 4.79 Å². The second-order valence-electron chi connectivity index (χ2n) is 6.24. The van der Waals surface area contributed by atoms with Crippen molar-refractivity contribution in [2.75, 3.05) is 13.2 Å². The number of aryl methyl sites for hydroxylation is 1. The molecule has 0 aliphatic heterocycles. The third-order valence-corrected chi connectivity index (χ3v) is 4.02. The zero-order chi connectivity index (χ0) is 17.4. The topological polar surface area (TPSA) is 38.3 Å². The van der Waals surface area contributed by atoms with E-state index in [2.05, 4.69) is 44.3 Å². The summed E-state index contributed by atoms with van der Waals surface area (Å²) in [6, 6.07) is 16.3. The summed E-state index contributed by atoms with van der Waals surface area (Å²) in [7, 11) is 0. The van der Waals surface area contributed by atoms with E-state index in [1.54, 1.807) is 0 Å². The maximum atomic E-state index is 12.0.